The van der Waals surface area contributed by atoms with E-state index in [9.17, 15) is 5.53 Å². The first-order valence-corrected chi connectivity index (χ1v) is 36.4. The molecule has 3 heteroatoms. The number of allylic oxidation sites excluding steroid dienone is 2. The molecule has 0 unspecified atom stereocenters. The average molecular weight is 1190 g/mol. The van der Waals surface area contributed by atoms with Gasteiger partial charge in [0.05, 0.1) is 0 Å². The molecule has 84 heavy (non-hydrogen) atoms. The fraction of sp³-hybridized carbons (Fsp3) is 0.728. The molecule has 476 valence electrons. The second kappa shape index (κ2) is 62.7. The number of aryl methyl sites for hydroxylation is 2. The van der Waals surface area contributed by atoms with E-state index in [0.717, 1.165) is 85.9 Å². The Balaban J connectivity index is 0.00000153. The molecule has 3 rings (SSSR count). The Morgan fingerprint density at radius 2 is 0.607 bits per heavy atom. The topological polar surface area (TPSA) is 25.3 Å². The Bertz CT molecular complexity index is 1980. The van der Waals surface area contributed by atoms with Crippen LogP contribution >= 0.6 is 0 Å². The van der Waals surface area contributed by atoms with E-state index in [-0.39, 0.29) is 16.5 Å². The Kier molecular flexibility index (Phi) is 60.3. The molecule has 0 atom stereocenters. The van der Waals surface area contributed by atoms with Crippen molar-refractivity contribution >= 4 is 11.4 Å². The van der Waals surface area contributed by atoms with Gasteiger partial charge in [-0.2, -0.15) is 0 Å². The minimum atomic E-state index is 0. The van der Waals surface area contributed by atoms with Crippen LogP contribution in [0.15, 0.2) is 59.7 Å². The number of hydrogen-bond donors (Lipinski definition) is 0. The summed E-state index contributed by atoms with van der Waals surface area (Å²) in [7, 11) is 0. The van der Waals surface area contributed by atoms with Crippen molar-refractivity contribution in [3.8, 4) is 23.7 Å². The molecule has 2 aromatic carbocycles. The summed E-state index contributed by atoms with van der Waals surface area (Å²) in [6, 6.07) is 17.6. The van der Waals surface area contributed by atoms with E-state index < -0.39 is 0 Å². The van der Waals surface area contributed by atoms with Gasteiger partial charge in [0.15, 0.2) is 0 Å². The second-order valence-corrected chi connectivity index (χ2v) is 24.9. The number of unbranched alkanes of at least 4 members (excludes halogenated alkanes) is 44. The van der Waals surface area contributed by atoms with Crippen molar-refractivity contribution in [3.63, 3.8) is 0 Å². The smallest absolute Gasteiger partial charge is 0.694 e. The Labute approximate surface area is 535 Å². The van der Waals surface area contributed by atoms with Gasteiger partial charge < -0.3 is 30.2 Å². The summed E-state index contributed by atoms with van der Waals surface area (Å²) in [6.45, 7) is 13.6. The molecule has 0 aliphatic carbocycles. The number of hydrogen-bond acceptors (Lipinski definition) is 0. The summed E-state index contributed by atoms with van der Waals surface area (Å²) >= 11 is 0. The number of rotatable bonds is 52. The standard InChI is InChI=1S/C45H66N2.2C18H33.Ni/c1-5-9-13-14-15-16-17-18-19-20-21-22-23-24-25-35-43-42(34-12-8-4)44(40-32-26-30-38(36-40)28-10-6-2)47(46)45(43)41-33-27-31-39(37-41)29-11-7-3;2*1-3-5-7-9-11-13-15-17-18-16-14-12-10-8-6-4-2;/h26-27,30-33,36-37H,5-24,28-29,34H2,1-4H3;2*3,5-18H2,1H3;/q;2*-1;+2. The molecule has 2 aromatic rings. The minimum absolute atomic E-state index is 0. The third-order valence-electron chi connectivity index (χ3n) is 17.0. The van der Waals surface area contributed by atoms with Gasteiger partial charge in [0.1, 0.15) is 5.57 Å². The van der Waals surface area contributed by atoms with E-state index in [0.29, 0.717) is 0 Å². The van der Waals surface area contributed by atoms with Crippen molar-refractivity contribution in [2.75, 3.05) is 0 Å². The summed E-state index contributed by atoms with van der Waals surface area (Å²) in [5.41, 5.74) is 20.9. The second-order valence-electron chi connectivity index (χ2n) is 24.9. The average Bonchev–Trinajstić information content (AvgIpc) is 2.98. The van der Waals surface area contributed by atoms with Crippen LogP contribution in [-0.2, 0) is 29.3 Å². The summed E-state index contributed by atoms with van der Waals surface area (Å²) in [5, 5.41) is 0. The molecule has 1 heterocycles. The molecule has 0 radical (unpaired) electrons. The molecule has 0 N–H and O–H groups in total. The van der Waals surface area contributed by atoms with E-state index in [1.54, 1.807) is 0 Å². The van der Waals surface area contributed by atoms with Crippen molar-refractivity contribution in [2.45, 2.75) is 382 Å². The molecule has 0 fully saturated rings. The first-order valence-electron chi connectivity index (χ1n) is 36.4. The van der Waals surface area contributed by atoms with Crippen LogP contribution in [-0.4, -0.2) is 4.70 Å². The largest absolute Gasteiger partial charge is 2.00 e. The van der Waals surface area contributed by atoms with Gasteiger partial charge in [-0.3, -0.25) is 0 Å². The summed E-state index contributed by atoms with van der Waals surface area (Å²) < 4.78 is 1.48. The van der Waals surface area contributed by atoms with Gasteiger partial charge in [-0.15, -0.1) is 0 Å². The van der Waals surface area contributed by atoms with Crippen LogP contribution in [0, 0.1) is 36.5 Å². The zero-order valence-corrected chi connectivity index (χ0v) is 57.3. The minimum Gasteiger partial charge on any atom is -0.694 e. The first-order chi connectivity index (χ1) is 41.0. The predicted octanol–water partition coefficient (Wildman–Crippen LogP) is 27.1. The molecule has 0 saturated heterocycles. The summed E-state index contributed by atoms with van der Waals surface area (Å²) in [6.07, 6.45) is 83.1. The molecule has 0 saturated carbocycles. The normalized spacial score (nSPS) is 11.8. The van der Waals surface area contributed by atoms with E-state index in [1.807, 2.05) is 0 Å². The van der Waals surface area contributed by atoms with E-state index >= 15 is 0 Å². The van der Waals surface area contributed by atoms with Crippen molar-refractivity contribution in [1.29, 1.82) is 0 Å². The Hall–Kier alpha value is -3.31. The maximum atomic E-state index is 12.0. The van der Waals surface area contributed by atoms with Gasteiger partial charge >= 0.3 is 16.5 Å². The van der Waals surface area contributed by atoms with Gasteiger partial charge in [-0.1, -0.05) is 341 Å². The third kappa shape index (κ3) is 44.2. The van der Waals surface area contributed by atoms with Gasteiger partial charge in [0.25, 0.3) is 0 Å². The molecule has 0 amide bonds. The van der Waals surface area contributed by atoms with Crippen LogP contribution in [0.5, 0.6) is 0 Å². The van der Waals surface area contributed by atoms with Crippen molar-refractivity contribution in [2.24, 2.45) is 0 Å². The molecular weight excluding hydrogens is 1060 g/mol. The quantitative estimate of drug-likeness (QED) is 0.0207. The first kappa shape index (κ1) is 80.7. The monoisotopic (exact) mass is 1190 g/mol. The van der Waals surface area contributed by atoms with Gasteiger partial charge in [0, 0.05) is 23.1 Å². The fourth-order valence-corrected chi connectivity index (χ4v) is 11.6. The van der Waals surface area contributed by atoms with E-state index in [1.165, 1.54) is 304 Å². The Morgan fingerprint density at radius 1 is 0.333 bits per heavy atom. The van der Waals surface area contributed by atoms with Crippen LogP contribution in [0.1, 0.15) is 391 Å². The maximum absolute atomic E-state index is 12.0. The van der Waals surface area contributed by atoms with Crippen LogP contribution in [0.3, 0.4) is 0 Å². The third-order valence-corrected chi connectivity index (χ3v) is 17.0. The molecule has 0 aromatic heterocycles. The summed E-state index contributed by atoms with van der Waals surface area (Å²) in [5.74, 6) is 12.1. The number of nitrogens with zero attached hydrogens (tertiary/aromatic N) is 2. The van der Waals surface area contributed by atoms with Crippen molar-refractivity contribution in [3.05, 3.63) is 100 Å². The van der Waals surface area contributed by atoms with Crippen LogP contribution in [0.25, 0.3) is 16.9 Å². The van der Waals surface area contributed by atoms with E-state index in [4.69, 9.17) is 12.8 Å². The van der Waals surface area contributed by atoms with Gasteiger partial charge in [-0.05, 0) is 106 Å². The summed E-state index contributed by atoms with van der Waals surface area (Å²) in [4.78, 5) is 0. The molecule has 1 aliphatic rings. The van der Waals surface area contributed by atoms with Crippen LogP contribution < -0.4 is 0 Å². The van der Waals surface area contributed by atoms with E-state index in [2.05, 4.69) is 114 Å². The van der Waals surface area contributed by atoms with Crippen molar-refractivity contribution < 1.29 is 21.2 Å². The zero-order chi connectivity index (χ0) is 60.2. The Morgan fingerprint density at radius 3 is 0.917 bits per heavy atom. The van der Waals surface area contributed by atoms with Gasteiger partial charge in [0.2, 0.25) is 11.4 Å². The molecule has 1 aliphatic heterocycles. The molecule has 2 nitrogen and oxygen atoms in total. The van der Waals surface area contributed by atoms with Crippen LogP contribution in [0.4, 0.5) is 0 Å². The fourth-order valence-electron chi connectivity index (χ4n) is 11.6. The maximum Gasteiger partial charge on any atom is 2.00 e. The van der Waals surface area contributed by atoms with Crippen LogP contribution in [0.2, 0.25) is 0 Å². The predicted molar refractivity (Wildman–Crippen MR) is 369 cm³/mol. The molecule has 0 bridgehead atoms. The van der Waals surface area contributed by atoms with Crippen molar-refractivity contribution in [1.82, 2.24) is 0 Å². The molecule has 0 spiro atoms. The van der Waals surface area contributed by atoms with Gasteiger partial charge in [-0.25, -0.2) is 4.70 Å². The molecular formula is C81H132N2Ni. The zero-order valence-electron chi connectivity index (χ0n) is 56.3. The SMILES string of the molecule is CCCCCCCCCCCCCCCC#CC1=C(c2cccc(CCCC)c2)[N+](=[N-])C(c2cccc(CCCC)c2)=C1CCCC.[C-]#CCCCCCCCCCCCCCCCC.[C-]#CCCCCCCCCCCCCCCCC.[Ni+2]. The number of benzene rings is 2.